The summed E-state index contributed by atoms with van der Waals surface area (Å²) in [5.41, 5.74) is 12.1. The molecule has 4 N–H and O–H groups in total. The number of hydrogen-bond acceptors (Lipinski definition) is 4. The number of nitrogens with zero attached hydrogens (tertiary/aromatic N) is 3. The zero-order valence-electron chi connectivity index (χ0n) is 11.7. The summed E-state index contributed by atoms with van der Waals surface area (Å²) in [5.74, 6) is -0.356. The molecule has 1 aromatic rings. The lowest BCUT2D eigenvalue weighted by molar-refractivity contribution is -0.119. The van der Waals surface area contributed by atoms with Gasteiger partial charge in [-0.1, -0.05) is 0 Å². The van der Waals surface area contributed by atoms with Crippen molar-refractivity contribution in [3.8, 4) is 0 Å². The summed E-state index contributed by atoms with van der Waals surface area (Å²) in [4.78, 5) is 27.2. The van der Waals surface area contributed by atoms with Gasteiger partial charge >= 0.3 is 0 Å². The highest BCUT2D eigenvalue weighted by molar-refractivity contribution is 5.93. The Morgan fingerprint density at radius 1 is 1.25 bits per heavy atom. The second-order valence-electron chi connectivity index (χ2n) is 5.16. The van der Waals surface area contributed by atoms with Gasteiger partial charge in [0, 0.05) is 39.4 Å². The van der Waals surface area contributed by atoms with E-state index in [-0.39, 0.29) is 18.4 Å². The molecule has 2 rings (SSSR count). The van der Waals surface area contributed by atoms with Crippen molar-refractivity contribution in [3.05, 3.63) is 18.0 Å². The minimum absolute atomic E-state index is 0.0230. The minimum atomic E-state index is -0.333. The number of carbonyl (C=O) groups excluding carboxylic acids is 2. The SMILES string of the molecule is Cn1cc(N)cc1C(=O)N1CCCN(CC(N)=O)CC1. The second kappa shape index (κ2) is 5.96. The first-order valence-electron chi connectivity index (χ1n) is 6.69. The first-order valence-corrected chi connectivity index (χ1v) is 6.69. The van der Waals surface area contributed by atoms with Gasteiger partial charge in [0.2, 0.25) is 5.91 Å². The summed E-state index contributed by atoms with van der Waals surface area (Å²) >= 11 is 0. The highest BCUT2D eigenvalue weighted by Crippen LogP contribution is 2.13. The summed E-state index contributed by atoms with van der Waals surface area (Å²) in [7, 11) is 1.81. The molecule has 0 aliphatic carbocycles. The van der Waals surface area contributed by atoms with Gasteiger partial charge in [-0.2, -0.15) is 0 Å². The first-order chi connectivity index (χ1) is 9.47. The van der Waals surface area contributed by atoms with Crippen LogP contribution >= 0.6 is 0 Å². The van der Waals surface area contributed by atoms with Crippen molar-refractivity contribution in [1.29, 1.82) is 0 Å². The fourth-order valence-corrected chi connectivity index (χ4v) is 2.52. The summed E-state index contributed by atoms with van der Waals surface area (Å²) in [5, 5.41) is 0. The number of anilines is 1. The van der Waals surface area contributed by atoms with Crippen LogP contribution in [0.4, 0.5) is 5.69 Å². The van der Waals surface area contributed by atoms with Crippen LogP contribution < -0.4 is 11.5 Å². The molecule has 0 atom stereocenters. The van der Waals surface area contributed by atoms with Gasteiger partial charge in [0.25, 0.3) is 5.91 Å². The fraction of sp³-hybridized carbons (Fsp3) is 0.538. The lowest BCUT2D eigenvalue weighted by Crippen LogP contribution is -2.38. The van der Waals surface area contributed by atoms with E-state index >= 15 is 0 Å². The number of hydrogen-bond donors (Lipinski definition) is 2. The molecule has 0 saturated carbocycles. The van der Waals surface area contributed by atoms with E-state index in [1.165, 1.54) is 0 Å². The van der Waals surface area contributed by atoms with Crippen LogP contribution in [0.2, 0.25) is 0 Å². The smallest absolute Gasteiger partial charge is 0.270 e. The van der Waals surface area contributed by atoms with E-state index in [2.05, 4.69) is 0 Å². The quantitative estimate of drug-likeness (QED) is 0.760. The van der Waals surface area contributed by atoms with Gasteiger partial charge in [0.1, 0.15) is 5.69 Å². The number of rotatable bonds is 3. The number of carbonyl (C=O) groups is 2. The molecule has 7 nitrogen and oxygen atoms in total. The molecule has 1 saturated heterocycles. The number of aromatic nitrogens is 1. The van der Waals surface area contributed by atoms with Crippen molar-refractivity contribution in [3.63, 3.8) is 0 Å². The normalized spacial score (nSPS) is 16.9. The third kappa shape index (κ3) is 3.30. The molecular formula is C13H21N5O2. The van der Waals surface area contributed by atoms with E-state index in [4.69, 9.17) is 11.5 Å². The van der Waals surface area contributed by atoms with Gasteiger partial charge in [-0.05, 0) is 12.5 Å². The first kappa shape index (κ1) is 14.4. The van der Waals surface area contributed by atoms with Crippen LogP contribution in [0.15, 0.2) is 12.3 Å². The fourth-order valence-electron chi connectivity index (χ4n) is 2.52. The molecule has 7 heteroatoms. The standard InChI is InChI=1S/C13H21N5O2/c1-16-8-10(14)7-11(16)13(20)18-4-2-3-17(5-6-18)9-12(15)19/h7-8H,2-6,9,14H2,1H3,(H2,15,19). The Kier molecular flexibility index (Phi) is 4.29. The molecule has 0 radical (unpaired) electrons. The number of aryl methyl sites for hydroxylation is 1. The summed E-state index contributed by atoms with van der Waals surface area (Å²) in [6.07, 6.45) is 2.56. The maximum Gasteiger partial charge on any atom is 0.270 e. The molecule has 0 aromatic carbocycles. The second-order valence-corrected chi connectivity index (χ2v) is 5.16. The van der Waals surface area contributed by atoms with E-state index in [1.54, 1.807) is 28.8 Å². The molecule has 0 unspecified atom stereocenters. The molecule has 0 bridgehead atoms. The van der Waals surface area contributed by atoms with Gasteiger partial charge in [0.05, 0.1) is 12.2 Å². The minimum Gasteiger partial charge on any atom is -0.397 e. The third-order valence-electron chi connectivity index (χ3n) is 3.50. The summed E-state index contributed by atoms with van der Waals surface area (Å²) in [6.45, 7) is 2.96. The van der Waals surface area contributed by atoms with Crippen LogP contribution in [0.1, 0.15) is 16.9 Å². The maximum absolute atomic E-state index is 12.5. The highest BCUT2D eigenvalue weighted by atomic mass is 16.2. The summed E-state index contributed by atoms with van der Waals surface area (Å²) < 4.78 is 1.74. The molecule has 2 amide bonds. The van der Waals surface area contributed by atoms with Crippen LogP contribution in [0.3, 0.4) is 0 Å². The molecule has 20 heavy (non-hydrogen) atoms. The predicted molar refractivity (Wildman–Crippen MR) is 76.0 cm³/mol. The average Bonchev–Trinajstić information content (AvgIpc) is 2.58. The van der Waals surface area contributed by atoms with Crippen molar-refractivity contribution < 1.29 is 9.59 Å². The monoisotopic (exact) mass is 279 g/mol. The molecule has 1 aliphatic heterocycles. The van der Waals surface area contributed by atoms with Crippen molar-refractivity contribution >= 4 is 17.5 Å². The Morgan fingerprint density at radius 2 is 2.00 bits per heavy atom. The largest absolute Gasteiger partial charge is 0.397 e. The van der Waals surface area contributed by atoms with E-state index in [0.717, 1.165) is 13.0 Å². The van der Waals surface area contributed by atoms with E-state index in [0.29, 0.717) is 31.0 Å². The third-order valence-corrected chi connectivity index (χ3v) is 3.50. The molecular weight excluding hydrogens is 258 g/mol. The van der Waals surface area contributed by atoms with Gasteiger partial charge in [-0.3, -0.25) is 14.5 Å². The number of amides is 2. The van der Waals surface area contributed by atoms with Crippen molar-refractivity contribution in [2.75, 3.05) is 38.5 Å². The lowest BCUT2D eigenvalue weighted by atomic mass is 10.3. The van der Waals surface area contributed by atoms with E-state index < -0.39 is 0 Å². The zero-order chi connectivity index (χ0) is 14.7. The average molecular weight is 279 g/mol. The van der Waals surface area contributed by atoms with Crippen molar-refractivity contribution in [1.82, 2.24) is 14.4 Å². The zero-order valence-corrected chi connectivity index (χ0v) is 11.7. The van der Waals surface area contributed by atoms with Crippen molar-refractivity contribution in [2.24, 2.45) is 12.8 Å². The number of nitrogen functional groups attached to an aromatic ring is 1. The molecule has 1 fully saturated rings. The van der Waals surface area contributed by atoms with Gasteiger partial charge in [-0.15, -0.1) is 0 Å². The van der Waals surface area contributed by atoms with E-state index in [9.17, 15) is 9.59 Å². The van der Waals surface area contributed by atoms with Crippen LogP contribution in [-0.2, 0) is 11.8 Å². The highest BCUT2D eigenvalue weighted by Gasteiger charge is 2.22. The van der Waals surface area contributed by atoms with Gasteiger partial charge < -0.3 is 20.9 Å². The van der Waals surface area contributed by atoms with Gasteiger partial charge in [0.15, 0.2) is 0 Å². The van der Waals surface area contributed by atoms with Gasteiger partial charge in [-0.25, -0.2) is 0 Å². The molecule has 0 spiro atoms. The molecule has 1 aliphatic rings. The van der Waals surface area contributed by atoms with E-state index in [1.807, 2.05) is 4.90 Å². The summed E-state index contributed by atoms with van der Waals surface area (Å²) in [6, 6.07) is 1.69. The Balaban J connectivity index is 2.01. The Bertz CT molecular complexity index is 511. The van der Waals surface area contributed by atoms with Crippen LogP contribution in [0.25, 0.3) is 0 Å². The molecule has 1 aromatic heterocycles. The lowest BCUT2D eigenvalue weighted by Gasteiger charge is -2.21. The number of nitrogens with two attached hydrogens (primary N) is 2. The Hall–Kier alpha value is -2.02. The van der Waals surface area contributed by atoms with Crippen LogP contribution in [-0.4, -0.2) is 58.9 Å². The maximum atomic E-state index is 12.5. The Labute approximate surface area is 118 Å². The molecule has 110 valence electrons. The Morgan fingerprint density at radius 3 is 2.60 bits per heavy atom. The number of primary amides is 1. The van der Waals surface area contributed by atoms with Crippen LogP contribution in [0.5, 0.6) is 0 Å². The predicted octanol–water partition coefficient (Wildman–Crippen LogP) is -0.759. The van der Waals surface area contributed by atoms with Crippen molar-refractivity contribution in [2.45, 2.75) is 6.42 Å². The van der Waals surface area contributed by atoms with Crippen LogP contribution in [0, 0.1) is 0 Å². The molecule has 2 heterocycles. The topological polar surface area (TPSA) is 97.6 Å².